The van der Waals surface area contributed by atoms with Gasteiger partial charge in [-0.05, 0) is 0 Å². The third kappa shape index (κ3) is 1.31. The van der Waals surface area contributed by atoms with E-state index in [1.807, 2.05) is 0 Å². The lowest BCUT2D eigenvalue weighted by atomic mass is 10.2. The number of benzene rings is 1. The van der Waals surface area contributed by atoms with E-state index in [1.165, 1.54) is 10.7 Å². The van der Waals surface area contributed by atoms with E-state index in [4.69, 9.17) is 5.02 Å². The molecular weight excluding hydrogens is 188 g/mol. The van der Waals surface area contributed by atoms with Crippen LogP contribution in [0.4, 0.5) is 4.39 Å². The molecule has 0 atom stereocenters. The Bertz CT molecular complexity index is 473. The lowest BCUT2D eigenvalue weighted by Gasteiger charge is -2.01. The fourth-order valence-electron chi connectivity index (χ4n) is 1.25. The first-order valence-corrected chi connectivity index (χ1v) is 3.84. The summed E-state index contributed by atoms with van der Waals surface area (Å²) in [5.74, 6) is -0.315. The molecule has 1 aromatic carbocycles. The number of aryl methyl sites for hydroxylation is 1. The van der Waals surface area contributed by atoms with E-state index < -0.39 is 5.82 Å². The van der Waals surface area contributed by atoms with Crippen LogP contribution in [0.1, 0.15) is 0 Å². The van der Waals surface area contributed by atoms with E-state index in [2.05, 4.69) is 15.0 Å². The van der Waals surface area contributed by atoms with Gasteiger partial charge in [-0.15, -0.1) is 5.10 Å². The summed E-state index contributed by atoms with van der Waals surface area (Å²) in [7, 11) is 2.08. The fourth-order valence-corrected chi connectivity index (χ4v) is 1.25. The van der Waals surface area contributed by atoms with Crippen molar-refractivity contribution in [2.75, 3.05) is 0 Å². The first kappa shape index (κ1) is 8.95. The molecule has 1 aromatic heterocycles. The molecule has 71 valence electrons. The van der Waals surface area contributed by atoms with E-state index in [0.29, 0.717) is 18.7 Å². The van der Waals surface area contributed by atoms with Gasteiger partial charge in [0, 0.05) is 19.2 Å². The first-order valence-electron chi connectivity index (χ1n) is 3.84. The normalized spacial score (nSPS) is 10.5. The van der Waals surface area contributed by atoms with Gasteiger partial charge < -0.3 is 9.68 Å². The monoisotopic (exact) mass is 194 g/mol. The average molecular weight is 194 g/mol. The minimum absolute atomic E-state index is 0.179. The lowest BCUT2D eigenvalue weighted by molar-refractivity contribution is 0.452. The van der Waals surface area contributed by atoms with Gasteiger partial charge in [-0.1, -0.05) is 5.21 Å². The van der Waals surface area contributed by atoms with Crippen molar-refractivity contribution in [3.63, 3.8) is 0 Å². The fraction of sp³-hybridized carbons (Fsp3) is 0.143. The molecule has 2 rings (SSSR count). The summed E-state index contributed by atoms with van der Waals surface area (Å²) in [6, 6.07) is 2.64. The van der Waals surface area contributed by atoms with Crippen LogP contribution in [0.15, 0.2) is 12.1 Å². The van der Waals surface area contributed by atoms with Crippen LogP contribution < -0.4 is 4.65 Å². The van der Waals surface area contributed by atoms with Crippen molar-refractivity contribution in [1.82, 2.24) is 15.0 Å². The number of aromatic nitrogens is 3. The van der Waals surface area contributed by atoms with Gasteiger partial charge in [0.1, 0.15) is 16.8 Å². The van der Waals surface area contributed by atoms with Gasteiger partial charge in [0.15, 0.2) is 5.82 Å². The second kappa shape index (κ2) is 3.26. The highest BCUT2D eigenvalue weighted by atomic mass is 19.1. The molecule has 1 heterocycles. The maximum absolute atomic E-state index is 13.4. The summed E-state index contributed by atoms with van der Waals surface area (Å²) < 4.78 is 19.3. The van der Waals surface area contributed by atoms with E-state index in [-0.39, 0.29) is 5.75 Å². The molecule has 14 heavy (non-hydrogen) atoms. The molecule has 0 unspecified atom stereocenters. The molecular formula is C7H6BFN3O2. The molecule has 1 N–H and O–H groups in total. The molecule has 0 amide bonds. The predicted molar refractivity (Wildman–Crippen MR) is 47.1 cm³/mol. The van der Waals surface area contributed by atoms with Crippen LogP contribution in [0.2, 0.25) is 0 Å². The zero-order valence-electron chi connectivity index (χ0n) is 7.31. The minimum Gasteiger partial charge on any atom is -0.537 e. The van der Waals surface area contributed by atoms with Gasteiger partial charge in [-0.3, -0.25) is 0 Å². The van der Waals surface area contributed by atoms with Gasteiger partial charge in [0.25, 0.3) is 0 Å². The molecule has 5 nitrogen and oxygen atoms in total. The topological polar surface area (TPSA) is 60.2 Å². The van der Waals surface area contributed by atoms with Gasteiger partial charge >= 0.3 is 7.69 Å². The van der Waals surface area contributed by atoms with E-state index in [0.717, 1.165) is 6.07 Å². The van der Waals surface area contributed by atoms with Crippen molar-refractivity contribution in [3.8, 4) is 5.75 Å². The van der Waals surface area contributed by atoms with Crippen molar-refractivity contribution in [3.05, 3.63) is 17.9 Å². The highest BCUT2D eigenvalue weighted by molar-refractivity contribution is 6.17. The van der Waals surface area contributed by atoms with Crippen LogP contribution >= 0.6 is 0 Å². The zero-order valence-corrected chi connectivity index (χ0v) is 7.31. The van der Waals surface area contributed by atoms with Gasteiger partial charge in [-0.2, -0.15) is 0 Å². The van der Waals surface area contributed by atoms with Crippen LogP contribution in [0.5, 0.6) is 5.75 Å². The molecule has 0 fully saturated rings. The van der Waals surface area contributed by atoms with Crippen LogP contribution in [-0.4, -0.2) is 27.7 Å². The van der Waals surface area contributed by atoms with Crippen LogP contribution in [0.25, 0.3) is 11.0 Å². The smallest absolute Gasteiger partial charge is 0.537 e. The Morgan fingerprint density at radius 1 is 1.57 bits per heavy atom. The van der Waals surface area contributed by atoms with Crippen molar-refractivity contribution in [1.29, 1.82) is 0 Å². The van der Waals surface area contributed by atoms with E-state index >= 15 is 0 Å². The third-order valence-corrected chi connectivity index (χ3v) is 1.82. The Kier molecular flexibility index (Phi) is 2.09. The number of hydrogen-bond acceptors (Lipinski definition) is 4. The molecule has 0 aliphatic heterocycles. The van der Waals surface area contributed by atoms with Crippen molar-refractivity contribution < 1.29 is 14.1 Å². The third-order valence-electron chi connectivity index (χ3n) is 1.82. The number of nitrogens with zero attached hydrogens (tertiary/aromatic N) is 3. The minimum atomic E-state index is -0.494. The SMILES string of the molecule is Cn1nnc2cc(O[B]O)cc(F)c21. The second-order valence-electron chi connectivity index (χ2n) is 2.71. The van der Waals surface area contributed by atoms with Gasteiger partial charge in [-0.25, -0.2) is 9.07 Å². The molecule has 7 heteroatoms. The molecule has 0 bridgehead atoms. The zero-order chi connectivity index (χ0) is 10.1. The Morgan fingerprint density at radius 2 is 2.36 bits per heavy atom. The standard InChI is InChI=1S/C7H6BFN3O2/c1-12-7-5(9)2-4(14-8-13)3-6(7)10-11-12/h2-3,13H,1H3. The highest BCUT2D eigenvalue weighted by Gasteiger charge is 2.10. The maximum Gasteiger partial charge on any atom is 0.569 e. The first-order chi connectivity index (χ1) is 6.72. The number of hydrogen-bond donors (Lipinski definition) is 1. The van der Waals surface area contributed by atoms with E-state index in [9.17, 15) is 4.39 Å². The highest BCUT2D eigenvalue weighted by Crippen LogP contribution is 2.21. The Morgan fingerprint density at radius 3 is 3.07 bits per heavy atom. The molecule has 0 saturated carbocycles. The summed E-state index contributed by atoms with van der Waals surface area (Å²) in [6.45, 7) is 0. The Labute approximate surface area is 79.4 Å². The van der Waals surface area contributed by atoms with Crippen molar-refractivity contribution in [2.24, 2.45) is 7.05 Å². The summed E-state index contributed by atoms with van der Waals surface area (Å²) in [5, 5.41) is 15.8. The van der Waals surface area contributed by atoms with Crippen LogP contribution in [-0.2, 0) is 7.05 Å². The van der Waals surface area contributed by atoms with Gasteiger partial charge in [0.2, 0.25) is 0 Å². The van der Waals surface area contributed by atoms with E-state index in [1.54, 1.807) is 7.05 Å². The number of halogens is 1. The summed E-state index contributed by atoms with van der Waals surface area (Å²) >= 11 is 0. The number of fused-ring (bicyclic) bond motifs is 1. The molecule has 1 radical (unpaired) electrons. The van der Waals surface area contributed by atoms with Crippen molar-refractivity contribution in [2.45, 2.75) is 0 Å². The molecule has 0 aliphatic carbocycles. The van der Waals surface area contributed by atoms with Gasteiger partial charge in [0.05, 0.1) is 0 Å². The summed E-state index contributed by atoms with van der Waals surface area (Å²) in [5.41, 5.74) is 0.680. The maximum atomic E-state index is 13.4. The molecule has 0 aliphatic rings. The molecule has 0 saturated heterocycles. The molecule has 0 spiro atoms. The van der Waals surface area contributed by atoms with Crippen LogP contribution in [0, 0.1) is 5.82 Å². The van der Waals surface area contributed by atoms with Crippen molar-refractivity contribution >= 4 is 18.7 Å². The average Bonchev–Trinajstić information content (AvgIpc) is 2.48. The Balaban J connectivity index is 2.62. The largest absolute Gasteiger partial charge is 0.569 e. The summed E-state index contributed by atoms with van der Waals surface area (Å²) in [4.78, 5) is 0. The Hall–Kier alpha value is -1.63. The van der Waals surface area contributed by atoms with Crippen LogP contribution in [0.3, 0.4) is 0 Å². The quantitative estimate of drug-likeness (QED) is 0.684. The summed E-state index contributed by atoms with van der Waals surface area (Å²) in [6.07, 6.45) is 0. The second-order valence-corrected chi connectivity index (χ2v) is 2.71. The predicted octanol–water partition coefficient (Wildman–Crippen LogP) is 0.0127. The number of rotatable bonds is 2. The lowest BCUT2D eigenvalue weighted by Crippen LogP contribution is -2.00. The molecule has 2 aromatic rings.